The molecular weight excluding hydrogens is 291 g/mol. The van der Waals surface area contributed by atoms with Gasteiger partial charge in [0, 0.05) is 20.6 Å². The molecule has 0 aliphatic carbocycles. The Kier molecular flexibility index (Phi) is 4.39. The zero-order valence-corrected chi connectivity index (χ0v) is 12.0. The Labute approximate surface area is 121 Å². The van der Waals surface area contributed by atoms with E-state index in [9.17, 15) is 0 Å². The quantitative estimate of drug-likeness (QED) is 0.724. The fraction of sp³-hybridized carbons (Fsp3) is 0.143. The van der Waals surface area contributed by atoms with Crippen LogP contribution in [0.5, 0.6) is 5.75 Å². The summed E-state index contributed by atoms with van der Waals surface area (Å²) in [5.41, 5.74) is 1.88. The van der Waals surface area contributed by atoms with Crippen LogP contribution < -0.4 is 4.74 Å². The van der Waals surface area contributed by atoms with E-state index in [0.717, 1.165) is 21.9 Å². The van der Waals surface area contributed by atoms with Crippen molar-refractivity contribution in [3.05, 3.63) is 62.6 Å². The number of benzene rings is 2. The van der Waals surface area contributed by atoms with Crippen LogP contribution in [0.4, 0.5) is 0 Å². The van der Waals surface area contributed by atoms with E-state index in [1.165, 1.54) is 0 Å². The Morgan fingerprint density at radius 3 is 2.39 bits per heavy atom. The van der Waals surface area contributed by atoms with Crippen LogP contribution in [-0.2, 0) is 6.61 Å². The third kappa shape index (κ3) is 3.32. The molecule has 0 saturated heterocycles. The lowest BCUT2D eigenvalue weighted by molar-refractivity contribution is 0.306. The summed E-state index contributed by atoms with van der Waals surface area (Å²) in [6.45, 7) is 2.33. The molecule has 0 aliphatic heterocycles. The molecule has 2 aromatic rings. The van der Waals surface area contributed by atoms with Gasteiger partial charge in [0.2, 0.25) is 0 Å². The van der Waals surface area contributed by atoms with Crippen molar-refractivity contribution in [2.75, 3.05) is 0 Å². The van der Waals surface area contributed by atoms with Gasteiger partial charge in [0.25, 0.3) is 0 Å². The van der Waals surface area contributed by atoms with Crippen molar-refractivity contribution >= 4 is 34.8 Å². The Bertz CT molecular complexity index is 567. The van der Waals surface area contributed by atoms with Crippen LogP contribution in [0.2, 0.25) is 15.1 Å². The zero-order valence-electron chi connectivity index (χ0n) is 9.71. The van der Waals surface area contributed by atoms with Crippen LogP contribution in [0.15, 0.2) is 36.4 Å². The number of rotatable bonds is 3. The molecule has 0 aliphatic rings. The second-order valence-corrected chi connectivity index (χ2v) is 5.19. The van der Waals surface area contributed by atoms with Crippen molar-refractivity contribution in [2.45, 2.75) is 13.5 Å². The van der Waals surface area contributed by atoms with Gasteiger partial charge >= 0.3 is 0 Å². The Hall–Kier alpha value is -0.890. The molecule has 0 fully saturated rings. The maximum absolute atomic E-state index is 6.07. The number of hydrogen-bond acceptors (Lipinski definition) is 1. The lowest BCUT2D eigenvalue weighted by atomic mass is 10.2. The minimum atomic E-state index is 0.400. The van der Waals surface area contributed by atoms with Gasteiger partial charge in [-0.25, -0.2) is 0 Å². The minimum Gasteiger partial charge on any atom is -0.489 e. The molecule has 94 valence electrons. The van der Waals surface area contributed by atoms with E-state index in [0.29, 0.717) is 16.7 Å². The third-order valence-electron chi connectivity index (χ3n) is 2.54. The molecule has 4 heteroatoms. The molecule has 2 rings (SSSR count). The zero-order chi connectivity index (χ0) is 13.1. The molecule has 1 nitrogen and oxygen atoms in total. The molecule has 0 atom stereocenters. The summed E-state index contributed by atoms with van der Waals surface area (Å²) in [6, 6.07) is 10.9. The lowest BCUT2D eigenvalue weighted by Gasteiger charge is -2.09. The van der Waals surface area contributed by atoms with Gasteiger partial charge in [-0.2, -0.15) is 0 Å². The molecular formula is C14H11Cl3O. The second kappa shape index (κ2) is 5.83. The molecule has 0 spiro atoms. The van der Waals surface area contributed by atoms with Crippen LogP contribution in [0.1, 0.15) is 11.1 Å². The summed E-state index contributed by atoms with van der Waals surface area (Å²) in [5.74, 6) is 0.767. The predicted molar refractivity (Wildman–Crippen MR) is 77.0 cm³/mol. The molecule has 0 heterocycles. The van der Waals surface area contributed by atoms with Crippen LogP contribution in [-0.4, -0.2) is 0 Å². The number of hydrogen-bond donors (Lipinski definition) is 0. The van der Waals surface area contributed by atoms with Gasteiger partial charge in [-0.3, -0.25) is 0 Å². The highest BCUT2D eigenvalue weighted by molar-refractivity contribution is 6.35. The monoisotopic (exact) mass is 300 g/mol. The number of halogens is 3. The second-order valence-electron chi connectivity index (χ2n) is 3.94. The third-order valence-corrected chi connectivity index (χ3v) is 3.55. The van der Waals surface area contributed by atoms with Crippen molar-refractivity contribution in [3.63, 3.8) is 0 Å². The highest BCUT2D eigenvalue weighted by atomic mass is 35.5. The van der Waals surface area contributed by atoms with Crippen molar-refractivity contribution < 1.29 is 4.74 Å². The van der Waals surface area contributed by atoms with Crippen LogP contribution in [0.25, 0.3) is 0 Å². The molecule has 0 N–H and O–H groups in total. The molecule has 0 amide bonds. The first-order valence-electron chi connectivity index (χ1n) is 5.39. The van der Waals surface area contributed by atoms with E-state index in [1.54, 1.807) is 12.1 Å². The Balaban J connectivity index is 2.09. The van der Waals surface area contributed by atoms with Crippen LogP contribution in [0, 0.1) is 6.92 Å². The fourth-order valence-corrected chi connectivity index (χ4v) is 2.09. The lowest BCUT2D eigenvalue weighted by Crippen LogP contribution is -1.96. The Morgan fingerprint density at radius 2 is 1.72 bits per heavy atom. The summed E-state index contributed by atoms with van der Waals surface area (Å²) < 4.78 is 5.66. The average Bonchev–Trinajstić information content (AvgIpc) is 2.32. The van der Waals surface area contributed by atoms with E-state index >= 15 is 0 Å². The first-order chi connectivity index (χ1) is 8.56. The molecule has 2 aromatic carbocycles. The summed E-state index contributed by atoms with van der Waals surface area (Å²) in [7, 11) is 0. The van der Waals surface area contributed by atoms with Crippen LogP contribution >= 0.6 is 34.8 Å². The van der Waals surface area contributed by atoms with Crippen molar-refractivity contribution in [3.8, 4) is 5.75 Å². The highest BCUT2D eigenvalue weighted by Crippen LogP contribution is 2.24. The Morgan fingerprint density at radius 1 is 0.944 bits per heavy atom. The summed E-state index contributed by atoms with van der Waals surface area (Å²) in [6.07, 6.45) is 0. The number of ether oxygens (including phenoxy) is 1. The standard InChI is InChI=1S/C14H11Cl3O/c1-9-6-12(4-5-13(9)16)18-8-10-2-3-11(15)7-14(10)17/h2-7H,8H2,1H3. The van der Waals surface area contributed by atoms with Crippen molar-refractivity contribution in [1.29, 1.82) is 0 Å². The first kappa shape index (κ1) is 13.5. The molecule has 18 heavy (non-hydrogen) atoms. The summed E-state index contributed by atoms with van der Waals surface area (Å²) >= 11 is 17.8. The van der Waals surface area contributed by atoms with E-state index in [4.69, 9.17) is 39.5 Å². The van der Waals surface area contributed by atoms with Gasteiger partial charge in [-0.05, 0) is 42.8 Å². The van der Waals surface area contributed by atoms with Gasteiger partial charge in [-0.1, -0.05) is 40.9 Å². The molecule has 0 saturated carbocycles. The van der Waals surface area contributed by atoms with E-state index in [1.807, 2.05) is 31.2 Å². The molecule has 0 radical (unpaired) electrons. The van der Waals surface area contributed by atoms with Gasteiger partial charge in [0.15, 0.2) is 0 Å². The maximum atomic E-state index is 6.07. The minimum absolute atomic E-state index is 0.400. The predicted octanol–water partition coefficient (Wildman–Crippen LogP) is 5.53. The highest BCUT2D eigenvalue weighted by Gasteiger charge is 2.03. The normalized spacial score (nSPS) is 10.4. The van der Waals surface area contributed by atoms with Gasteiger partial charge < -0.3 is 4.74 Å². The molecule has 0 aromatic heterocycles. The van der Waals surface area contributed by atoms with Crippen LogP contribution in [0.3, 0.4) is 0 Å². The number of aryl methyl sites for hydroxylation is 1. The van der Waals surface area contributed by atoms with Crippen molar-refractivity contribution in [1.82, 2.24) is 0 Å². The molecule has 0 bridgehead atoms. The van der Waals surface area contributed by atoms with E-state index < -0.39 is 0 Å². The molecule has 0 unspecified atom stereocenters. The van der Waals surface area contributed by atoms with Gasteiger partial charge in [-0.15, -0.1) is 0 Å². The summed E-state index contributed by atoms with van der Waals surface area (Å²) in [5, 5.41) is 1.95. The average molecular weight is 302 g/mol. The largest absolute Gasteiger partial charge is 0.489 e. The van der Waals surface area contributed by atoms with Gasteiger partial charge in [0.1, 0.15) is 12.4 Å². The van der Waals surface area contributed by atoms with Crippen molar-refractivity contribution in [2.24, 2.45) is 0 Å². The van der Waals surface area contributed by atoms with Gasteiger partial charge in [0.05, 0.1) is 0 Å². The summed E-state index contributed by atoms with van der Waals surface area (Å²) in [4.78, 5) is 0. The smallest absolute Gasteiger partial charge is 0.120 e. The fourth-order valence-electron chi connectivity index (χ4n) is 1.51. The topological polar surface area (TPSA) is 9.23 Å². The first-order valence-corrected chi connectivity index (χ1v) is 6.52. The SMILES string of the molecule is Cc1cc(OCc2ccc(Cl)cc2Cl)ccc1Cl. The maximum Gasteiger partial charge on any atom is 0.120 e. The van der Waals surface area contributed by atoms with E-state index in [2.05, 4.69) is 0 Å². The van der Waals surface area contributed by atoms with E-state index in [-0.39, 0.29) is 0 Å².